The number of urea groups is 1. The molecular formula is C14H13Cl3N4O3. The zero-order valence-corrected chi connectivity index (χ0v) is 14.4. The van der Waals surface area contributed by atoms with Crippen LogP contribution in [0.4, 0.5) is 10.5 Å². The second-order valence-corrected chi connectivity index (χ2v) is 5.78. The predicted molar refractivity (Wildman–Crippen MR) is 92.2 cm³/mol. The Bertz CT molecular complexity index is 699. The molecule has 2 aromatic rings. The first-order valence-corrected chi connectivity index (χ1v) is 7.82. The van der Waals surface area contributed by atoms with Crippen LogP contribution in [0.1, 0.15) is 5.76 Å². The van der Waals surface area contributed by atoms with Crippen molar-refractivity contribution in [3.63, 3.8) is 0 Å². The number of nitrogens with one attached hydrogen (secondary N) is 4. The SMILES string of the molecule is O=C(CNC(=O)NCc1ccco1)NNc1c(Cl)cc(Cl)cc1Cl. The molecule has 2 rings (SSSR count). The smallest absolute Gasteiger partial charge is 0.315 e. The van der Waals surface area contributed by atoms with Crippen LogP contribution in [0.2, 0.25) is 15.1 Å². The standard InChI is InChI=1S/C14H13Cl3N4O3/c15-8-4-10(16)13(11(17)5-8)21-20-12(22)7-19-14(23)18-6-9-2-1-3-24-9/h1-5,21H,6-7H2,(H,20,22)(H2,18,19,23). The molecule has 0 unspecified atom stereocenters. The number of hydrazine groups is 1. The molecule has 1 aromatic carbocycles. The Morgan fingerprint density at radius 3 is 2.42 bits per heavy atom. The minimum atomic E-state index is -0.510. The average molecular weight is 392 g/mol. The van der Waals surface area contributed by atoms with Crippen molar-refractivity contribution in [3.8, 4) is 0 Å². The van der Waals surface area contributed by atoms with Gasteiger partial charge in [-0.15, -0.1) is 0 Å². The average Bonchev–Trinajstić information content (AvgIpc) is 3.03. The van der Waals surface area contributed by atoms with E-state index in [1.807, 2.05) is 0 Å². The van der Waals surface area contributed by atoms with Crippen LogP contribution in [0.25, 0.3) is 0 Å². The summed E-state index contributed by atoms with van der Waals surface area (Å²) in [5.41, 5.74) is 5.24. The molecule has 0 fully saturated rings. The molecule has 0 aliphatic rings. The highest BCUT2D eigenvalue weighted by Crippen LogP contribution is 2.32. The molecule has 0 saturated carbocycles. The van der Waals surface area contributed by atoms with E-state index in [4.69, 9.17) is 39.2 Å². The molecule has 0 aliphatic carbocycles. The van der Waals surface area contributed by atoms with Crippen LogP contribution in [0.15, 0.2) is 34.9 Å². The van der Waals surface area contributed by atoms with E-state index in [1.165, 1.54) is 18.4 Å². The number of rotatable bonds is 6. The molecule has 0 atom stereocenters. The van der Waals surface area contributed by atoms with Crippen molar-refractivity contribution in [2.75, 3.05) is 12.0 Å². The fourth-order valence-corrected chi connectivity index (χ4v) is 2.55. The number of anilines is 1. The van der Waals surface area contributed by atoms with Crippen LogP contribution >= 0.6 is 34.8 Å². The minimum absolute atomic E-state index is 0.217. The van der Waals surface area contributed by atoms with Crippen molar-refractivity contribution in [1.82, 2.24) is 16.1 Å². The molecule has 4 N–H and O–H groups in total. The summed E-state index contributed by atoms with van der Waals surface area (Å²) in [5.74, 6) is 0.105. The van der Waals surface area contributed by atoms with Gasteiger partial charge in [0.2, 0.25) is 0 Å². The summed E-state index contributed by atoms with van der Waals surface area (Å²) in [6.07, 6.45) is 1.50. The number of halogens is 3. The Hall–Kier alpha value is -2.09. The van der Waals surface area contributed by atoms with Crippen LogP contribution in [-0.4, -0.2) is 18.5 Å². The maximum Gasteiger partial charge on any atom is 0.315 e. The van der Waals surface area contributed by atoms with Crippen LogP contribution < -0.4 is 21.5 Å². The van der Waals surface area contributed by atoms with Gasteiger partial charge < -0.3 is 15.1 Å². The Labute approximate surface area is 152 Å². The lowest BCUT2D eigenvalue weighted by atomic mass is 10.3. The first kappa shape index (κ1) is 18.3. The number of benzene rings is 1. The normalized spacial score (nSPS) is 10.1. The van der Waals surface area contributed by atoms with Crippen molar-refractivity contribution in [3.05, 3.63) is 51.4 Å². The highest BCUT2D eigenvalue weighted by atomic mass is 35.5. The molecular weight excluding hydrogens is 379 g/mol. The summed E-state index contributed by atoms with van der Waals surface area (Å²) in [6, 6.07) is 5.87. The van der Waals surface area contributed by atoms with Gasteiger partial charge in [0, 0.05) is 5.02 Å². The number of amides is 3. The van der Waals surface area contributed by atoms with E-state index >= 15 is 0 Å². The number of hydrogen-bond donors (Lipinski definition) is 4. The molecule has 0 aliphatic heterocycles. The molecule has 24 heavy (non-hydrogen) atoms. The molecule has 0 bridgehead atoms. The van der Waals surface area contributed by atoms with Gasteiger partial charge in [-0.1, -0.05) is 34.8 Å². The maximum absolute atomic E-state index is 11.7. The van der Waals surface area contributed by atoms with E-state index in [-0.39, 0.29) is 23.1 Å². The predicted octanol–water partition coefficient (Wildman–Crippen LogP) is 3.18. The molecule has 3 amide bonds. The molecule has 0 saturated heterocycles. The summed E-state index contributed by atoms with van der Waals surface area (Å²) in [5, 5.41) is 5.79. The summed E-state index contributed by atoms with van der Waals surface area (Å²) in [7, 11) is 0. The molecule has 0 radical (unpaired) electrons. The van der Waals surface area contributed by atoms with Crippen LogP contribution in [0.5, 0.6) is 0 Å². The Morgan fingerprint density at radius 1 is 1.08 bits per heavy atom. The molecule has 0 spiro atoms. The fraction of sp³-hybridized carbons (Fsp3) is 0.143. The third-order valence-electron chi connectivity index (χ3n) is 2.75. The van der Waals surface area contributed by atoms with E-state index in [2.05, 4.69) is 21.5 Å². The Morgan fingerprint density at radius 2 is 1.79 bits per heavy atom. The number of hydrogen-bond acceptors (Lipinski definition) is 4. The van der Waals surface area contributed by atoms with Gasteiger partial charge in [0.25, 0.3) is 5.91 Å². The lowest BCUT2D eigenvalue weighted by Gasteiger charge is -2.12. The molecule has 1 heterocycles. The Kier molecular flexibility index (Phi) is 6.60. The first-order chi connectivity index (χ1) is 11.5. The van der Waals surface area contributed by atoms with E-state index in [0.717, 1.165) is 0 Å². The van der Waals surface area contributed by atoms with E-state index in [1.54, 1.807) is 12.1 Å². The monoisotopic (exact) mass is 390 g/mol. The van der Waals surface area contributed by atoms with Gasteiger partial charge in [0.1, 0.15) is 12.3 Å². The molecule has 1 aromatic heterocycles. The van der Waals surface area contributed by atoms with Gasteiger partial charge in [-0.2, -0.15) is 0 Å². The number of carbonyl (C=O) groups is 2. The van der Waals surface area contributed by atoms with Gasteiger partial charge in [-0.3, -0.25) is 15.6 Å². The third kappa shape index (κ3) is 5.52. The second kappa shape index (κ2) is 8.68. The lowest BCUT2D eigenvalue weighted by molar-refractivity contribution is -0.119. The van der Waals surface area contributed by atoms with Crippen molar-refractivity contribution in [2.45, 2.75) is 6.54 Å². The Balaban J connectivity index is 1.72. The third-order valence-corrected chi connectivity index (χ3v) is 3.56. The van der Waals surface area contributed by atoms with Gasteiger partial charge in [0.05, 0.1) is 28.5 Å². The summed E-state index contributed by atoms with van der Waals surface area (Å²) >= 11 is 17.7. The largest absolute Gasteiger partial charge is 0.467 e. The van der Waals surface area contributed by atoms with Crippen molar-refractivity contribution in [2.24, 2.45) is 0 Å². The van der Waals surface area contributed by atoms with E-state index < -0.39 is 11.9 Å². The van der Waals surface area contributed by atoms with Gasteiger partial charge in [-0.25, -0.2) is 4.79 Å². The first-order valence-electron chi connectivity index (χ1n) is 6.69. The number of furan rings is 1. The molecule has 7 nitrogen and oxygen atoms in total. The fourth-order valence-electron chi connectivity index (χ4n) is 1.64. The highest BCUT2D eigenvalue weighted by Gasteiger charge is 2.10. The van der Waals surface area contributed by atoms with Crippen LogP contribution in [-0.2, 0) is 11.3 Å². The summed E-state index contributed by atoms with van der Waals surface area (Å²) in [6.45, 7) is -0.0332. The van der Waals surface area contributed by atoms with Gasteiger partial charge >= 0.3 is 6.03 Å². The molecule has 128 valence electrons. The summed E-state index contributed by atoms with van der Waals surface area (Å²) < 4.78 is 5.06. The molecule has 10 heteroatoms. The number of carbonyl (C=O) groups excluding carboxylic acids is 2. The van der Waals surface area contributed by atoms with Gasteiger partial charge in [-0.05, 0) is 24.3 Å². The van der Waals surface area contributed by atoms with E-state index in [0.29, 0.717) is 16.5 Å². The quantitative estimate of drug-likeness (QED) is 0.569. The van der Waals surface area contributed by atoms with Gasteiger partial charge in [0.15, 0.2) is 0 Å². The van der Waals surface area contributed by atoms with E-state index in [9.17, 15) is 9.59 Å². The lowest BCUT2D eigenvalue weighted by Crippen LogP contribution is -2.43. The topological polar surface area (TPSA) is 95.4 Å². The van der Waals surface area contributed by atoms with Crippen molar-refractivity contribution >= 4 is 52.4 Å². The second-order valence-electron chi connectivity index (χ2n) is 4.53. The van der Waals surface area contributed by atoms with Crippen LogP contribution in [0, 0.1) is 0 Å². The van der Waals surface area contributed by atoms with Crippen LogP contribution in [0.3, 0.4) is 0 Å². The van der Waals surface area contributed by atoms with Crippen molar-refractivity contribution in [1.29, 1.82) is 0 Å². The zero-order valence-electron chi connectivity index (χ0n) is 12.2. The minimum Gasteiger partial charge on any atom is -0.467 e. The highest BCUT2D eigenvalue weighted by molar-refractivity contribution is 6.41. The zero-order chi connectivity index (χ0) is 17.5. The maximum atomic E-state index is 11.7. The summed E-state index contributed by atoms with van der Waals surface area (Å²) in [4.78, 5) is 23.2. The van der Waals surface area contributed by atoms with Crippen molar-refractivity contribution < 1.29 is 14.0 Å².